The number of piperazine rings is 1. The summed E-state index contributed by atoms with van der Waals surface area (Å²) in [5.74, 6) is -0.265. The van der Waals surface area contributed by atoms with E-state index in [-0.39, 0.29) is 24.3 Å². The van der Waals surface area contributed by atoms with Gasteiger partial charge in [0.2, 0.25) is 17.7 Å². The molecule has 28 heavy (non-hydrogen) atoms. The molecule has 1 N–H and O–H groups in total. The second-order valence-electron chi connectivity index (χ2n) is 6.68. The second-order valence-corrected chi connectivity index (χ2v) is 6.68. The topological polar surface area (TPSA) is 73.0 Å². The average Bonchev–Trinajstić information content (AvgIpc) is 2.72. The fourth-order valence-corrected chi connectivity index (χ4v) is 3.09. The van der Waals surface area contributed by atoms with Gasteiger partial charge in [-0.1, -0.05) is 30.3 Å². The highest BCUT2D eigenvalue weighted by Crippen LogP contribution is 2.04. The summed E-state index contributed by atoms with van der Waals surface area (Å²) in [5, 5.41) is 2.63. The van der Waals surface area contributed by atoms with Gasteiger partial charge in [-0.15, -0.1) is 0 Å². The Morgan fingerprint density at radius 1 is 1.04 bits per heavy atom. The zero-order valence-corrected chi connectivity index (χ0v) is 16.8. The number of carbonyl (C=O) groups is 3. The van der Waals surface area contributed by atoms with Crippen molar-refractivity contribution in [2.45, 2.75) is 13.8 Å². The summed E-state index contributed by atoms with van der Waals surface area (Å²) in [6.45, 7) is 8.23. The maximum absolute atomic E-state index is 12.3. The molecule has 0 aromatic heterocycles. The molecule has 1 fully saturated rings. The molecule has 1 aromatic carbocycles. The third kappa shape index (κ3) is 6.81. The third-order valence-corrected chi connectivity index (χ3v) is 4.84. The van der Waals surface area contributed by atoms with Gasteiger partial charge in [0.05, 0.1) is 13.1 Å². The lowest BCUT2D eigenvalue weighted by molar-refractivity contribution is -0.135. The molecule has 0 atom stereocenters. The van der Waals surface area contributed by atoms with Crippen molar-refractivity contribution >= 4 is 23.8 Å². The van der Waals surface area contributed by atoms with Crippen LogP contribution in [0, 0.1) is 0 Å². The minimum atomic E-state index is -0.291. The first-order valence-electron chi connectivity index (χ1n) is 9.82. The molecule has 7 heteroatoms. The van der Waals surface area contributed by atoms with Gasteiger partial charge in [-0.2, -0.15) is 0 Å². The number of hydrogen-bond donors (Lipinski definition) is 1. The summed E-state index contributed by atoms with van der Waals surface area (Å²) in [5.41, 5.74) is 0.930. The van der Waals surface area contributed by atoms with Crippen molar-refractivity contribution in [3.63, 3.8) is 0 Å². The molecule has 7 nitrogen and oxygen atoms in total. The van der Waals surface area contributed by atoms with Crippen LogP contribution in [0.1, 0.15) is 19.4 Å². The molecule has 1 aliphatic rings. The summed E-state index contributed by atoms with van der Waals surface area (Å²) in [7, 11) is 0. The number of nitrogens with zero attached hydrogens (tertiary/aromatic N) is 3. The Hall–Kier alpha value is -2.67. The van der Waals surface area contributed by atoms with Crippen molar-refractivity contribution in [3.05, 3.63) is 42.0 Å². The molecule has 3 amide bonds. The first kappa shape index (κ1) is 21.6. The molecule has 1 aliphatic heterocycles. The van der Waals surface area contributed by atoms with Gasteiger partial charge in [0.15, 0.2) is 0 Å². The minimum absolute atomic E-state index is 0.0175. The molecular weight excluding hydrogens is 356 g/mol. The standard InChI is InChI=1S/C21H30N4O3/c1-3-24(4-2)21(28)17-23-12-14-25(15-13-23)20(27)16-22-19(26)11-10-18-8-6-5-7-9-18/h5-11H,3-4,12-17H2,1-2H3,(H,22,26)/b11-10+. The molecule has 0 spiro atoms. The van der Waals surface area contributed by atoms with Crippen LogP contribution in [0.4, 0.5) is 0 Å². The highest BCUT2D eigenvalue weighted by atomic mass is 16.2. The molecule has 0 aliphatic carbocycles. The average molecular weight is 386 g/mol. The number of benzene rings is 1. The summed E-state index contributed by atoms with van der Waals surface area (Å²) in [4.78, 5) is 42.0. The van der Waals surface area contributed by atoms with Crippen molar-refractivity contribution in [2.24, 2.45) is 0 Å². The van der Waals surface area contributed by atoms with Crippen molar-refractivity contribution < 1.29 is 14.4 Å². The van der Waals surface area contributed by atoms with Crippen LogP contribution in [-0.4, -0.2) is 84.8 Å². The zero-order valence-electron chi connectivity index (χ0n) is 16.8. The van der Waals surface area contributed by atoms with Gasteiger partial charge in [0.1, 0.15) is 0 Å². The summed E-state index contributed by atoms with van der Waals surface area (Å²) in [6.07, 6.45) is 3.14. The number of amides is 3. The Morgan fingerprint density at radius 2 is 1.68 bits per heavy atom. The van der Waals surface area contributed by atoms with Crippen LogP contribution in [0.3, 0.4) is 0 Å². The molecule has 1 heterocycles. The number of carbonyl (C=O) groups excluding carboxylic acids is 3. The summed E-state index contributed by atoms with van der Waals surface area (Å²) >= 11 is 0. The van der Waals surface area contributed by atoms with Gasteiger partial charge >= 0.3 is 0 Å². The molecule has 0 saturated carbocycles. The van der Waals surface area contributed by atoms with Gasteiger partial charge in [-0.25, -0.2) is 0 Å². The maximum atomic E-state index is 12.3. The number of nitrogens with one attached hydrogen (secondary N) is 1. The Kier molecular flexibility index (Phi) is 8.68. The molecule has 152 valence electrons. The van der Waals surface area contributed by atoms with Gasteiger partial charge in [0, 0.05) is 45.3 Å². The molecule has 0 radical (unpaired) electrons. The van der Waals surface area contributed by atoms with E-state index in [2.05, 4.69) is 10.2 Å². The Labute approximate surface area is 167 Å². The molecule has 2 rings (SSSR count). The van der Waals surface area contributed by atoms with E-state index in [0.717, 1.165) is 5.56 Å². The Morgan fingerprint density at radius 3 is 2.29 bits per heavy atom. The first-order chi connectivity index (χ1) is 13.5. The van der Waals surface area contributed by atoms with Crippen molar-refractivity contribution in [1.29, 1.82) is 0 Å². The van der Waals surface area contributed by atoms with Gasteiger partial charge in [-0.3, -0.25) is 19.3 Å². The predicted molar refractivity (Wildman–Crippen MR) is 109 cm³/mol. The second kappa shape index (κ2) is 11.2. The lowest BCUT2D eigenvalue weighted by Gasteiger charge is -2.35. The van der Waals surface area contributed by atoms with Gasteiger partial charge in [0.25, 0.3) is 0 Å². The smallest absolute Gasteiger partial charge is 0.244 e. The molecule has 1 saturated heterocycles. The van der Waals surface area contributed by atoms with Gasteiger partial charge < -0.3 is 15.1 Å². The highest BCUT2D eigenvalue weighted by molar-refractivity contribution is 5.94. The monoisotopic (exact) mass is 386 g/mol. The van der Waals surface area contributed by atoms with E-state index in [9.17, 15) is 14.4 Å². The molecule has 0 bridgehead atoms. The first-order valence-corrected chi connectivity index (χ1v) is 9.82. The number of hydrogen-bond acceptors (Lipinski definition) is 4. The fraction of sp³-hybridized carbons (Fsp3) is 0.476. The van der Waals surface area contributed by atoms with Crippen molar-refractivity contribution in [3.8, 4) is 0 Å². The van der Waals surface area contributed by atoms with E-state index in [1.165, 1.54) is 6.08 Å². The molecule has 0 unspecified atom stereocenters. The van der Waals surface area contributed by atoms with Crippen LogP contribution in [0.2, 0.25) is 0 Å². The number of likely N-dealkylation sites (N-methyl/N-ethyl adjacent to an activating group) is 1. The minimum Gasteiger partial charge on any atom is -0.343 e. The van der Waals surface area contributed by atoms with Crippen LogP contribution in [0.15, 0.2) is 36.4 Å². The molecule has 1 aromatic rings. The normalized spacial score (nSPS) is 14.9. The van der Waals surface area contributed by atoms with E-state index in [0.29, 0.717) is 45.8 Å². The van der Waals surface area contributed by atoms with E-state index < -0.39 is 0 Å². The Balaban J connectivity index is 1.69. The largest absolute Gasteiger partial charge is 0.343 e. The maximum Gasteiger partial charge on any atom is 0.244 e. The van der Waals surface area contributed by atoms with Crippen LogP contribution >= 0.6 is 0 Å². The predicted octanol–water partition coefficient (Wildman–Crippen LogP) is 0.829. The van der Waals surface area contributed by atoms with Crippen LogP contribution in [-0.2, 0) is 14.4 Å². The van der Waals surface area contributed by atoms with Crippen molar-refractivity contribution in [1.82, 2.24) is 20.0 Å². The highest BCUT2D eigenvalue weighted by Gasteiger charge is 2.23. The van der Waals surface area contributed by atoms with E-state index >= 15 is 0 Å². The quantitative estimate of drug-likeness (QED) is 0.672. The van der Waals surface area contributed by atoms with E-state index in [1.807, 2.05) is 49.1 Å². The number of rotatable bonds is 8. The summed E-state index contributed by atoms with van der Waals surface area (Å²) in [6, 6.07) is 9.51. The lowest BCUT2D eigenvalue weighted by Crippen LogP contribution is -2.53. The van der Waals surface area contributed by atoms with Crippen LogP contribution in [0.25, 0.3) is 6.08 Å². The Bertz CT molecular complexity index is 678. The SMILES string of the molecule is CCN(CC)C(=O)CN1CCN(C(=O)CNC(=O)/C=C/c2ccccc2)CC1. The van der Waals surface area contributed by atoms with Crippen LogP contribution < -0.4 is 5.32 Å². The van der Waals surface area contributed by atoms with Crippen molar-refractivity contribution in [2.75, 3.05) is 52.4 Å². The van der Waals surface area contributed by atoms with Crippen LogP contribution in [0.5, 0.6) is 0 Å². The van der Waals surface area contributed by atoms with E-state index in [4.69, 9.17) is 0 Å². The zero-order chi connectivity index (χ0) is 20.4. The molecular formula is C21H30N4O3. The van der Waals surface area contributed by atoms with Gasteiger partial charge in [-0.05, 0) is 25.5 Å². The summed E-state index contributed by atoms with van der Waals surface area (Å²) < 4.78 is 0. The fourth-order valence-electron chi connectivity index (χ4n) is 3.09. The third-order valence-electron chi connectivity index (χ3n) is 4.84. The van der Waals surface area contributed by atoms with E-state index in [1.54, 1.807) is 11.0 Å². The lowest BCUT2D eigenvalue weighted by atomic mass is 10.2.